The molecule has 0 amide bonds. The maximum atomic E-state index is 5.76. The summed E-state index contributed by atoms with van der Waals surface area (Å²) in [5, 5.41) is 5.28. The average molecular weight is 434 g/mol. The molecule has 2 atom stereocenters. The molecule has 152 valence electrons. The van der Waals surface area contributed by atoms with Gasteiger partial charge in [-0.1, -0.05) is 43.4 Å². The fraction of sp³-hybridized carbons (Fsp3) is 0.261. The largest absolute Gasteiger partial charge is 0.352 e. The third-order valence-corrected chi connectivity index (χ3v) is 6.72. The number of rotatable bonds is 5. The average Bonchev–Trinajstić information content (AvgIpc) is 3.45. The van der Waals surface area contributed by atoms with Gasteiger partial charge in [0.05, 0.1) is 33.7 Å². The summed E-state index contributed by atoms with van der Waals surface area (Å²) in [4.78, 5) is 11.8. The van der Waals surface area contributed by atoms with E-state index in [1.807, 2.05) is 24.4 Å². The Morgan fingerprint density at radius 1 is 1.10 bits per heavy atom. The van der Waals surface area contributed by atoms with E-state index >= 15 is 0 Å². The quantitative estimate of drug-likeness (QED) is 0.443. The number of hydrogen-bond donors (Lipinski definition) is 1. The van der Waals surface area contributed by atoms with Gasteiger partial charge in [0.1, 0.15) is 0 Å². The first-order valence-electron chi connectivity index (χ1n) is 10.1. The first-order valence-corrected chi connectivity index (χ1v) is 11.4. The maximum Gasteiger partial charge on any atom is 0.194 e. The highest BCUT2D eigenvalue weighted by Gasteiger charge is 2.41. The molecule has 1 saturated heterocycles. The molecule has 7 heteroatoms. The molecule has 1 aliphatic rings. The second-order valence-electron chi connectivity index (χ2n) is 7.94. The molecule has 4 aromatic rings. The van der Waals surface area contributed by atoms with Gasteiger partial charge in [0.15, 0.2) is 10.2 Å². The lowest BCUT2D eigenvalue weighted by Gasteiger charge is -2.29. The highest BCUT2D eigenvalue weighted by Crippen LogP contribution is 2.40. The van der Waals surface area contributed by atoms with Crippen molar-refractivity contribution in [3.05, 3.63) is 78.4 Å². The summed E-state index contributed by atoms with van der Waals surface area (Å²) in [5.74, 6) is 0.487. The van der Waals surface area contributed by atoms with Crippen molar-refractivity contribution in [1.82, 2.24) is 24.8 Å². The van der Waals surface area contributed by atoms with Gasteiger partial charge in [0, 0.05) is 18.9 Å². The summed E-state index contributed by atoms with van der Waals surface area (Å²) < 4.78 is 3.39. The van der Waals surface area contributed by atoms with Crippen molar-refractivity contribution in [3.8, 4) is 5.13 Å². The summed E-state index contributed by atoms with van der Waals surface area (Å²) in [6.07, 6.45) is 3.94. The lowest BCUT2D eigenvalue weighted by molar-refractivity contribution is 0.280. The highest BCUT2D eigenvalue weighted by atomic mass is 32.1. The summed E-state index contributed by atoms with van der Waals surface area (Å²) in [6.45, 7) is 5.32. The van der Waals surface area contributed by atoms with Crippen LogP contribution in [0.4, 0.5) is 0 Å². The molecule has 0 bridgehead atoms. The fourth-order valence-electron chi connectivity index (χ4n) is 4.09. The maximum absolute atomic E-state index is 5.76. The normalized spacial score (nSPS) is 19.0. The highest BCUT2D eigenvalue weighted by molar-refractivity contribution is 7.80. The number of pyridine rings is 1. The molecule has 0 radical (unpaired) electrons. The number of aromatic nitrogens is 3. The first kappa shape index (κ1) is 19.2. The topological polar surface area (TPSA) is 46.0 Å². The molecule has 30 heavy (non-hydrogen) atoms. The van der Waals surface area contributed by atoms with Crippen LogP contribution in [0.5, 0.6) is 0 Å². The first-order chi connectivity index (χ1) is 14.6. The summed E-state index contributed by atoms with van der Waals surface area (Å²) >= 11 is 7.47. The molecular formula is C23H23N5S2. The van der Waals surface area contributed by atoms with Crippen molar-refractivity contribution < 1.29 is 0 Å². The van der Waals surface area contributed by atoms with Gasteiger partial charge in [0.2, 0.25) is 0 Å². The standard InChI is InChI=1S/C23H23N5S2/c1-15(2)14-28-21(20(26-22(28)29)17-9-5-6-12-24-17)18-10-7-13-27(18)23-25-16-8-3-4-11-19(16)30-23/h3-13,15,20-21H,14H2,1-2H3,(H,26,29)/t20-,21-/m0/s1. The van der Waals surface area contributed by atoms with Crippen molar-refractivity contribution >= 4 is 38.9 Å². The van der Waals surface area contributed by atoms with Gasteiger partial charge in [-0.2, -0.15) is 0 Å². The van der Waals surface area contributed by atoms with Gasteiger partial charge in [-0.05, 0) is 54.5 Å². The minimum atomic E-state index is -0.0134. The van der Waals surface area contributed by atoms with Crippen molar-refractivity contribution in [2.24, 2.45) is 5.92 Å². The van der Waals surface area contributed by atoms with Gasteiger partial charge in [-0.25, -0.2) is 4.98 Å². The number of thiazole rings is 1. The minimum Gasteiger partial charge on any atom is -0.352 e. The molecule has 1 fully saturated rings. The van der Waals surface area contributed by atoms with E-state index in [0.29, 0.717) is 5.92 Å². The van der Waals surface area contributed by atoms with Crippen molar-refractivity contribution in [3.63, 3.8) is 0 Å². The Morgan fingerprint density at radius 2 is 1.93 bits per heavy atom. The molecule has 0 aliphatic carbocycles. The van der Waals surface area contributed by atoms with Crippen LogP contribution in [0.25, 0.3) is 15.3 Å². The SMILES string of the molecule is CC(C)CN1C(=S)N[C@@H](c2ccccn2)[C@@H]1c1cccn1-c1nc2ccccc2s1. The molecule has 5 rings (SSSR count). The Bertz CT molecular complexity index is 1150. The third-order valence-electron chi connectivity index (χ3n) is 5.33. The van der Waals surface area contributed by atoms with Crippen LogP contribution in [0.2, 0.25) is 0 Å². The molecule has 3 aromatic heterocycles. The summed E-state index contributed by atoms with van der Waals surface area (Å²) in [6, 6.07) is 18.6. The predicted molar refractivity (Wildman–Crippen MR) is 126 cm³/mol. The van der Waals surface area contributed by atoms with Gasteiger partial charge < -0.3 is 10.2 Å². The Kier molecular flexibility index (Phi) is 5.00. The summed E-state index contributed by atoms with van der Waals surface area (Å²) in [7, 11) is 0. The number of nitrogens with one attached hydrogen (secondary N) is 1. The van der Waals surface area contributed by atoms with Crippen molar-refractivity contribution in [2.45, 2.75) is 25.9 Å². The van der Waals surface area contributed by atoms with Crippen LogP contribution in [-0.4, -0.2) is 31.1 Å². The van der Waals surface area contributed by atoms with Gasteiger partial charge >= 0.3 is 0 Å². The number of para-hydroxylation sites is 1. The molecule has 0 spiro atoms. The second kappa shape index (κ2) is 7.81. The third kappa shape index (κ3) is 3.38. The number of benzene rings is 1. The van der Waals surface area contributed by atoms with Gasteiger partial charge in [0.25, 0.3) is 0 Å². The van der Waals surface area contributed by atoms with E-state index in [1.165, 1.54) is 4.70 Å². The number of nitrogens with zero attached hydrogens (tertiary/aromatic N) is 4. The number of thiocarbonyl (C=S) groups is 1. The van der Waals surface area contributed by atoms with Crippen LogP contribution in [0.3, 0.4) is 0 Å². The zero-order valence-corrected chi connectivity index (χ0v) is 18.5. The van der Waals surface area contributed by atoms with Crippen LogP contribution in [0.1, 0.15) is 37.3 Å². The fourth-order valence-corrected chi connectivity index (χ4v) is 5.37. The van der Waals surface area contributed by atoms with Crippen LogP contribution < -0.4 is 5.32 Å². The number of hydrogen-bond acceptors (Lipinski definition) is 4. The molecule has 4 heterocycles. The second-order valence-corrected chi connectivity index (χ2v) is 9.34. The lowest BCUT2D eigenvalue weighted by Crippen LogP contribution is -2.33. The molecule has 1 aromatic carbocycles. The van der Waals surface area contributed by atoms with E-state index in [4.69, 9.17) is 17.2 Å². The summed E-state index contributed by atoms with van der Waals surface area (Å²) in [5.41, 5.74) is 3.18. The Morgan fingerprint density at radius 3 is 2.70 bits per heavy atom. The predicted octanol–water partition coefficient (Wildman–Crippen LogP) is 5.11. The molecule has 5 nitrogen and oxygen atoms in total. The Labute approximate surface area is 185 Å². The van der Waals surface area contributed by atoms with Crippen LogP contribution in [-0.2, 0) is 0 Å². The molecule has 1 aliphatic heterocycles. The minimum absolute atomic E-state index is 0.0134. The smallest absolute Gasteiger partial charge is 0.194 e. The molecule has 1 N–H and O–H groups in total. The monoisotopic (exact) mass is 433 g/mol. The van der Waals surface area contributed by atoms with Crippen molar-refractivity contribution in [1.29, 1.82) is 0 Å². The van der Waals surface area contributed by atoms with Crippen LogP contribution in [0.15, 0.2) is 67.0 Å². The Balaban J connectivity index is 1.62. The van der Waals surface area contributed by atoms with E-state index in [9.17, 15) is 0 Å². The zero-order chi connectivity index (χ0) is 20.7. The van der Waals surface area contributed by atoms with E-state index in [-0.39, 0.29) is 12.1 Å². The van der Waals surface area contributed by atoms with E-state index in [2.05, 4.69) is 76.2 Å². The van der Waals surface area contributed by atoms with E-state index in [1.54, 1.807) is 11.3 Å². The van der Waals surface area contributed by atoms with E-state index in [0.717, 1.165) is 33.7 Å². The molecular weight excluding hydrogens is 410 g/mol. The van der Waals surface area contributed by atoms with Crippen LogP contribution >= 0.6 is 23.6 Å². The number of fused-ring (bicyclic) bond motifs is 1. The zero-order valence-electron chi connectivity index (χ0n) is 16.9. The van der Waals surface area contributed by atoms with E-state index < -0.39 is 0 Å². The molecule has 0 saturated carbocycles. The van der Waals surface area contributed by atoms with Crippen LogP contribution in [0, 0.1) is 5.92 Å². The molecule has 0 unspecified atom stereocenters. The van der Waals surface area contributed by atoms with Gasteiger partial charge in [-0.3, -0.25) is 9.55 Å². The lowest BCUT2D eigenvalue weighted by atomic mass is 10.0. The van der Waals surface area contributed by atoms with Gasteiger partial charge in [-0.15, -0.1) is 0 Å². The van der Waals surface area contributed by atoms with Crippen molar-refractivity contribution in [2.75, 3.05) is 6.54 Å². The Hall–Kier alpha value is -2.77.